The van der Waals surface area contributed by atoms with Gasteiger partial charge in [-0.05, 0) is 56.3 Å². The van der Waals surface area contributed by atoms with Gasteiger partial charge in [-0.2, -0.15) is 9.40 Å². The maximum absolute atomic E-state index is 14.3. The average molecular weight is 544 g/mol. The highest BCUT2D eigenvalue weighted by Crippen LogP contribution is 2.31. The molecule has 9 nitrogen and oxygen atoms in total. The molecule has 37 heavy (non-hydrogen) atoms. The van der Waals surface area contributed by atoms with Gasteiger partial charge in [0, 0.05) is 37.6 Å². The molecule has 0 N–H and O–H groups in total. The van der Waals surface area contributed by atoms with Crippen LogP contribution in [0.5, 0.6) is 0 Å². The summed E-state index contributed by atoms with van der Waals surface area (Å²) >= 11 is 1.22. The van der Waals surface area contributed by atoms with Gasteiger partial charge in [-0.15, -0.1) is 0 Å². The first-order chi connectivity index (χ1) is 17.7. The summed E-state index contributed by atoms with van der Waals surface area (Å²) in [6, 6.07) is 12.3. The Bertz CT molecular complexity index is 1500. The van der Waals surface area contributed by atoms with Crippen LogP contribution in [0.25, 0.3) is 10.2 Å². The molecular formula is C25H26FN5O4S2. The Kier molecular flexibility index (Phi) is 7.08. The van der Waals surface area contributed by atoms with Crippen LogP contribution in [0.3, 0.4) is 0 Å². The predicted molar refractivity (Wildman–Crippen MR) is 139 cm³/mol. The number of morpholine rings is 1. The van der Waals surface area contributed by atoms with Gasteiger partial charge in [0.15, 0.2) is 5.13 Å². The van der Waals surface area contributed by atoms with Crippen LogP contribution in [0, 0.1) is 5.82 Å². The summed E-state index contributed by atoms with van der Waals surface area (Å²) < 4.78 is 50.1. The van der Waals surface area contributed by atoms with E-state index in [2.05, 4.69) is 10.1 Å². The highest BCUT2D eigenvalue weighted by Gasteiger charge is 2.32. The second-order valence-electron chi connectivity index (χ2n) is 8.91. The van der Waals surface area contributed by atoms with Gasteiger partial charge in [0.2, 0.25) is 10.0 Å². The lowest BCUT2D eigenvalue weighted by atomic mass is 10.2. The highest BCUT2D eigenvalue weighted by molar-refractivity contribution is 7.89. The number of hydrogen-bond donors (Lipinski definition) is 0. The summed E-state index contributed by atoms with van der Waals surface area (Å²) in [6.45, 7) is 4.85. The van der Waals surface area contributed by atoms with Crippen LogP contribution < -0.4 is 4.90 Å². The van der Waals surface area contributed by atoms with Crippen LogP contribution in [-0.4, -0.2) is 65.2 Å². The number of sulfonamides is 1. The van der Waals surface area contributed by atoms with Crippen molar-refractivity contribution in [1.29, 1.82) is 0 Å². The Hall–Kier alpha value is -3.19. The van der Waals surface area contributed by atoms with Crippen LogP contribution in [0.2, 0.25) is 0 Å². The lowest BCUT2D eigenvalue weighted by Crippen LogP contribution is -2.48. The predicted octanol–water partition coefficient (Wildman–Crippen LogP) is 3.78. The van der Waals surface area contributed by atoms with Gasteiger partial charge in [0.05, 0.1) is 28.3 Å². The molecule has 1 amide bonds. The summed E-state index contributed by atoms with van der Waals surface area (Å²) in [4.78, 5) is 19.6. The smallest absolute Gasteiger partial charge is 0.260 e. The molecule has 5 rings (SSSR count). The summed E-state index contributed by atoms with van der Waals surface area (Å²) in [5, 5.41) is 4.54. The molecule has 0 spiro atoms. The molecule has 3 heterocycles. The fourth-order valence-corrected chi connectivity index (χ4v) is 6.93. The second-order valence-corrected chi connectivity index (χ2v) is 11.9. The normalized spacial score (nSPS) is 18.8. The van der Waals surface area contributed by atoms with Crippen LogP contribution in [0.15, 0.2) is 65.8 Å². The minimum Gasteiger partial charge on any atom is -0.373 e. The zero-order valence-corrected chi connectivity index (χ0v) is 22.0. The second kappa shape index (κ2) is 10.3. The van der Waals surface area contributed by atoms with Crippen molar-refractivity contribution < 1.29 is 22.3 Å². The Morgan fingerprint density at radius 1 is 1.14 bits per heavy atom. The van der Waals surface area contributed by atoms with Crippen molar-refractivity contribution in [2.45, 2.75) is 37.5 Å². The number of nitrogens with zero attached hydrogens (tertiary/aromatic N) is 5. The lowest BCUT2D eigenvalue weighted by Gasteiger charge is -2.34. The van der Waals surface area contributed by atoms with Gasteiger partial charge in [0.1, 0.15) is 11.3 Å². The van der Waals surface area contributed by atoms with Crippen molar-refractivity contribution in [3.63, 3.8) is 0 Å². The number of ether oxygens (including phenoxy) is 1. The number of anilines is 1. The van der Waals surface area contributed by atoms with E-state index in [0.717, 1.165) is 0 Å². The van der Waals surface area contributed by atoms with Crippen LogP contribution in [-0.2, 0) is 21.3 Å². The van der Waals surface area contributed by atoms with Crippen LogP contribution in [0.1, 0.15) is 24.2 Å². The van der Waals surface area contributed by atoms with E-state index in [1.54, 1.807) is 35.3 Å². The lowest BCUT2D eigenvalue weighted by molar-refractivity contribution is -0.0440. The number of carbonyl (C=O) groups excluding carboxylic acids is 1. The molecule has 1 fully saturated rings. The molecular weight excluding hydrogens is 517 g/mol. The number of rotatable bonds is 7. The van der Waals surface area contributed by atoms with Gasteiger partial charge in [-0.1, -0.05) is 17.4 Å². The van der Waals surface area contributed by atoms with Crippen molar-refractivity contribution in [3.05, 3.63) is 72.3 Å². The van der Waals surface area contributed by atoms with Gasteiger partial charge in [-0.25, -0.2) is 17.8 Å². The molecule has 1 saturated heterocycles. The van der Waals surface area contributed by atoms with Crippen LogP contribution >= 0.6 is 11.3 Å². The first-order valence-corrected chi connectivity index (χ1v) is 14.1. The maximum atomic E-state index is 14.3. The molecule has 194 valence electrons. The van der Waals surface area contributed by atoms with E-state index in [0.29, 0.717) is 21.9 Å². The van der Waals surface area contributed by atoms with Gasteiger partial charge in [-0.3, -0.25) is 14.4 Å². The van der Waals surface area contributed by atoms with E-state index in [1.165, 1.54) is 50.9 Å². The molecule has 2 atom stereocenters. The molecule has 2 unspecified atom stereocenters. The number of hydrogen-bond acceptors (Lipinski definition) is 7. The monoisotopic (exact) mass is 543 g/mol. The third-order valence-corrected chi connectivity index (χ3v) is 8.96. The minimum atomic E-state index is -3.74. The molecule has 2 aromatic carbocycles. The third kappa shape index (κ3) is 5.28. The Morgan fingerprint density at radius 2 is 1.86 bits per heavy atom. The first-order valence-electron chi connectivity index (χ1n) is 11.8. The zero-order chi connectivity index (χ0) is 26.2. The average Bonchev–Trinajstić information content (AvgIpc) is 3.54. The Labute approximate surface area is 218 Å². The molecule has 1 aliphatic heterocycles. The zero-order valence-electron chi connectivity index (χ0n) is 20.3. The number of benzene rings is 2. The largest absolute Gasteiger partial charge is 0.373 e. The van der Waals surface area contributed by atoms with Crippen molar-refractivity contribution >= 4 is 42.6 Å². The molecule has 1 aliphatic rings. The van der Waals surface area contributed by atoms with E-state index in [-0.39, 0.29) is 48.2 Å². The molecule has 2 aromatic heterocycles. The number of halogens is 1. The number of aromatic nitrogens is 3. The number of fused-ring (bicyclic) bond motifs is 1. The summed E-state index contributed by atoms with van der Waals surface area (Å²) in [6.07, 6.45) is 3.02. The molecule has 12 heteroatoms. The number of amides is 1. The van der Waals surface area contributed by atoms with Gasteiger partial charge >= 0.3 is 0 Å². The minimum absolute atomic E-state index is 0.107. The summed E-state index contributed by atoms with van der Waals surface area (Å²) in [5.41, 5.74) is 0.498. The maximum Gasteiger partial charge on any atom is 0.260 e. The summed E-state index contributed by atoms with van der Waals surface area (Å²) in [7, 11) is -3.74. The fourth-order valence-electron chi connectivity index (χ4n) is 4.34. The standard InChI is InChI=1S/C25H26FN5O4S2/c1-17-15-30(16-18(2)35-17)37(33,34)20-9-7-19(8-10-20)24(32)31(14-13-29-12-4-11-27-29)25-28-23-21(26)5-3-6-22(23)36-25/h3-12,17-18H,13-16H2,1-2H3. The molecule has 0 bridgehead atoms. The molecule has 0 saturated carbocycles. The topological polar surface area (TPSA) is 97.6 Å². The van der Waals surface area contributed by atoms with E-state index < -0.39 is 15.8 Å². The van der Waals surface area contributed by atoms with Crippen molar-refractivity contribution in [1.82, 2.24) is 19.1 Å². The quantitative estimate of drug-likeness (QED) is 0.352. The first kappa shape index (κ1) is 25.5. The third-order valence-electron chi connectivity index (χ3n) is 6.07. The SMILES string of the molecule is CC1CN(S(=O)(=O)c2ccc(C(=O)N(CCn3cccn3)c3nc4c(F)cccc4s3)cc2)CC(C)O1. The van der Waals surface area contributed by atoms with E-state index in [1.807, 2.05) is 13.8 Å². The molecule has 0 aliphatic carbocycles. The van der Waals surface area contributed by atoms with E-state index in [9.17, 15) is 17.6 Å². The van der Waals surface area contributed by atoms with Crippen LogP contribution in [0.4, 0.5) is 9.52 Å². The Morgan fingerprint density at radius 3 is 2.51 bits per heavy atom. The van der Waals surface area contributed by atoms with E-state index in [4.69, 9.17) is 4.74 Å². The molecule has 4 aromatic rings. The summed E-state index contributed by atoms with van der Waals surface area (Å²) in [5.74, 6) is -0.829. The highest BCUT2D eigenvalue weighted by atomic mass is 32.2. The van der Waals surface area contributed by atoms with Crippen molar-refractivity contribution in [3.8, 4) is 0 Å². The van der Waals surface area contributed by atoms with Crippen molar-refractivity contribution in [2.75, 3.05) is 24.5 Å². The number of para-hydroxylation sites is 1. The van der Waals surface area contributed by atoms with E-state index >= 15 is 0 Å². The fraction of sp³-hybridized carbons (Fsp3) is 0.320. The van der Waals surface area contributed by atoms with Gasteiger partial charge in [0.25, 0.3) is 5.91 Å². The van der Waals surface area contributed by atoms with Crippen molar-refractivity contribution in [2.24, 2.45) is 0 Å². The number of carbonyl (C=O) groups is 1. The number of thiazole rings is 1. The van der Waals surface area contributed by atoms with Gasteiger partial charge < -0.3 is 4.74 Å². The Balaban J connectivity index is 1.43. The molecule has 0 radical (unpaired) electrons.